The summed E-state index contributed by atoms with van der Waals surface area (Å²) in [5, 5.41) is 6.83. The minimum Gasteiger partial charge on any atom is -0.228 e. The Hall–Kier alpha value is -7.11. The van der Waals surface area contributed by atoms with Crippen LogP contribution in [0.4, 0.5) is 0 Å². The van der Waals surface area contributed by atoms with Gasteiger partial charge in [0.25, 0.3) is 0 Å². The first-order chi connectivity index (χ1) is 25.8. The highest BCUT2D eigenvalue weighted by molar-refractivity contribution is 6.27. The van der Waals surface area contributed by atoms with E-state index < -0.39 is 0 Å². The quantitative estimate of drug-likeness (QED) is 0.166. The molecule has 0 aliphatic rings. The molecule has 8 aromatic carbocycles. The van der Waals surface area contributed by atoms with Gasteiger partial charge in [-0.3, -0.25) is 0 Å². The van der Waals surface area contributed by atoms with Gasteiger partial charge in [-0.2, -0.15) is 0 Å². The molecule has 5 nitrogen and oxygen atoms in total. The zero-order chi connectivity index (χ0) is 34.4. The molecule has 0 aliphatic heterocycles. The lowest BCUT2D eigenvalue weighted by molar-refractivity contribution is 1.08. The number of nitrogens with zero attached hydrogens (tertiary/aromatic N) is 5. The lowest BCUT2D eigenvalue weighted by Gasteiger charge is -2.17. The van der Waals surface area contributed by atoms with E-state index in [9.17, 15) is 0 Å². The van der Waals surface area contributed by atoms with Gasteiger partial charge in [-0.15, -0.1) is 0 Å². The molecule has 10 rings (SSSR count). The second kappa shape index (κ2) is 12.3. The molecule has 0 unspecified atom stereocenters. The lowest BCUT2D eigenvalue weighted by Crippen LogP contribution is -2.01. The molecule has 0 spiro atoms. The van der Waals surface area contributed by atoms with Crippen LogP contribution in [-0.4, -0.2) is 24.9 Å². The van der Waals surface area contributed by atoms with Crippen LogP contribution in [0.3, 0.4) is 0 Å². The second-order valence-corrected chi connectivity index (χ2v) is 12.9. The Bertz CT molecular complexity index is 2560. The first-order valence-corrected chi connectivity index (χ1v) is 17.3. The van der Waals surface area contributed by atoms with Crippen molar-refractivity contribution in [1.29, 1.82) is 0 Å². The number of hydrogen-bond acceptors (Lipinski definition) is 5. The van der Waals surface area contributed by atoms with Crippen LogP contribution in [0.2, 0.25) is 0 Å². The summed E-state index contributed by atoms with van der Waals surface area (Å²) in [7, 11) is 0. The number of rotatable bonds is 6. The van der Waals surface area contributed by atoms with Gasteiger partial charge in [0.1, 0.15) is 0 Å². The van der Waals surface area contributed by atoms with Crippen molar-refractivity contribution >= 4 is 32.3 Å². The first kappa shape index (κ1) is 29.8. The minimum absolute atomic E-state index is 0.636. The highest BCUT2D eigenvalue weighted by Gasteiger charge is 2.20. The maximum Gasteiger partial charge on any atom is 0.164 e. The fraction of sp³-hybridized carbons (Fsp3) is 0. The van der Waals surface area contributed by atoms with Gasteiger partial charge in [-0.05, 0) is 50.5 Å². The number of hydrogen-bond donors (Lipinski definition) is 0. The summed E-state index contributed by atoms with van der Waals surface area (Å²) in [6.07, 6.45) is 0. The Kier molecular flexibility index (Phi) is 7.07. The van der Waals surface area contributed by atoms with Crippen LogP contribution in [-0.2, 0) is 0 Å². The van der Waals surface area contributed by atoms with Crippen molar-refractivity contribution < 1.29 is 0 Å². The molecular weight excluding hydrogens is 635 g/mol. The Labute approximate surface area is 300 Å². The van der Waals surface area contributed by atoms with E-state index in [0.29, 0.717) is 23.3 Å². The zero-order valence-corrected chi connectivity index (χ0v) is 28.0. The average molecular weight is 664 g/mol. The molecule has 0 radical (unpaired) electrons. The van der Waals surface area contributed by atoms with E-state index in [1.54, 1.807) is 0 Å². The molecule has 0 amide bonds. The first-order valence-electron chi connectivity index (χ1n) is 17.3. The Morgan fingerprint density at radius 1 is 0.269 bits per heavy atom. The van der Waals surface area contributed by atoms with E-state index in [2.05, 4.69) is 78.9 Å². The van der Waals surface area contributed by atoms with E-state index in [-0.39, 0.29) is 0 Å². The average Bonchev–Trinajstić information content (AvgIpc) is 3.23. The topological polar surface area (TPSA) is 64.5 Å². The van der Waals surface area contributed by atoms with Crippen LogP contribution in [0.5, 0.6) is 0 Å². The SMILES string of the molecule is c1ccc(-c2cc(-c3ccccc3)nc(-c3ccc4ccc5c(-c6nc(-c7ccccc7)nc(-c7ccccc7)n6)ccc6ccc3c4c65)n2)cc1. The van der Waals surface area contributed by atoms with Gasteiger partial charge in [0.15, 0.2) is 23.3 Å². The summed E-state index contributed by atoms with van der Waals surface area (Å²) in [4.78, 5) is 25.5. The summed E-state index contributed by atoms with van der Waals surface area (Å²) in [5.74, 6) is 2.61. The summed E-state index contributed by atoms with van der Waals surface area (Å²) < 4.78 is 0. The van der Waals surface area contributed by atoms with Crippen LogP contribution in [0, 0.1) is 0 Å². The Morgan fingerprint density at radius 3 is 1.04 bits per heavy atom. The summed E-state index contributed by atoms with van der Waals surface area (Å²) >= 11 is 0. The molecule has 0 fully saturated rings. The predicted octanol–water partition coefficient (Wildman–Crippen LogP) is 11.6. The van der Waals surface area contributed by atoms with Gasteiger partial charge in [-0.1, -0.05) is 158 Å². The largest absolute Gasteiger partial charge is 0.228 e. The molecule has 2 aromatic heterocycles. The smallest absolute Gasteiger partial charge is 0.164 e. The highest BCUT2D eigenvalue weighted by atomic mass is 15.0. The van der Waals surface area contributed by atoms with Gasteiger partial charge in [0.05, 0.1) is 11.4 Å². The Balaban J connectivity index is 1.20. The Morgan fingerprint density at radius 2 is 0.615 bits per heavy atom. The van der Waals surface area contributed by atoms with Crippen LogP contribution >= 0.6 is 0 Å². The summed E-state index contributed by atoms with van der Waals surface area (Å²) in [5.41, 5.74) is 7.70. The highest BCUT2D eigenvalue weighted by Crippen LogP contribution is 2.42. The van der Waals surface area contributed by atoms with Gasteiger partial charge < -0.3 is 0 Å². The molecule has 10 aromatic rings. The van der Waals surface area contributed by atoms with Crippen molar-refractivity contribution in [3.8, 4) is 68.1 Å². The third-order valence-electron chi connectivity index (χ3n) is 9.71. The summed E-state index contributed by atoms with van der Waals surface area (Å²) in [6, 6.07) is 60.4. The van der Waals surface area contributed by atoms with E-state index >= 15 is 0 Å². The molecule has 0 N–H and O–H groups in total. The molecule has 2 heterocycles. The van der Waals surface area contributed by atoms with Crippen molar-refractivity contribution in [1.82, 2.24) is 24.9 Å². The molecule has 52 heavy (non-hydrogen) atoms. The number of benzene rings is 8. The minimum atomic E-state index is 0.636. The van der Waals surface area contributed by atoms with E-state index in [0.717, 1.165) is 66.3 Å². The lowest BCUT2D eigenvalue weighted by atomic mass is 9.89. The third-order valence-corrected chi connectivity index (χ3v) is 9.71. The standard InChI is InChI=1S/C47H29N5/c1-5-13-30(14-6-1)40-29-41(31-15-7-2-8-16-31)49-46(48-40)38-27-23-32-22-26-37-39(28-24-33-21-25-36(38)42(32)43(33)37)47-51-44(34-17-9-3-10-18-34)50-45(52-47)35-19-11-4-12-20-35/h1-29H. The van der Waals surface area contributed by atoms with Gasteiger partial charge in [0.2, 0.25) is 0 Å². The molecule has 0 saturated carbocycles. The molecule has 0 bridgehead atoms. The van der Waals surface area contributed by atoms with Crippen molar-refractivity contribution in [2.75, 3.05) is 0 Å². The molecular formula is C47H29N5. The van der Waals surface area contributed by atoms with Crippen molar-refractivity contribution in [2.45, 2.75) is 0 Å². The fourth-order valence-electron chi connectivity index (χ4n) is 7.20. The fourth-order valence-corrected chi connectivity index (χ4v) is 7.20. The molecule has 0 aliphatic carbocycles. The second-order valence-electron chi connectivity index (χ2n) is 12.9. The predicted molar refractivity (Wildman–Crippen MR) is 212 cm³/mol. The van der Waals surface area contributed by atoms with E-state index in [1.807, 2.05) is 97.1 Å². The van der Waals surface area contributed by atoms with E-state index in [4.69, 9.17) is 24.9 Å². The third kappa shape index (κ3) is 5.15. The van der Waals surface area contributed by atoms with Crippen molar-refractivity contribution in [2.24, 2.45) is 0 Å². The number of aromatic nitrogens is 5. The van der Waals surface area contributed by atoms with Crippen LogP contribution in [0.15, 0.2) is 176 Å². The van der Waals surface area contributed by atoms with Gasteiger partial charge in [0, 0.05) is 33.4 Å². The maximum absolute atomic E-state index is 5.19. The van der Waals surface area contributed by atoms with Crippen molar-refractivity contribution in [3.63, 3.8) is 0 Å². The molecule has 242 valence electrons. The maximum atomic E-state index is 5.19. The molecule has 5 heteroatoms. The van der Waals surface area contributed by atoms with Gasteiger partial charge in [-0.25, -0.2) is 24.9 Å². The van der Waals surface area contributed by atoms with Crippen LogP contribution < -0.4 is 0 Å². The monoisotopic (exact) mass is 663 g/mol. The van der Waals surface area contributed by atoms with Gasteiger partial charge >= 0.3 is 0 Å². The molecule has 0 saturated heterocycles. The van der Waals surface area contributed by atoms with Crippen LogP contribution in [0.25, 0.3) is 100 Å². The van der Waals surface area contributed by atoms with Crippen LogP contribution in [0.1, 0.15) is 0 Å². The molecule has 0 atom stereocenters. The van der Waals surface area contributed by atoms with E-state index in [1.165, 1.54) is 10.8 Å². The normalized spacial score (nSPS) is 11.5. The summed E-state index contributed by atoms with van der Waals surface area (Å²) in [6.45, 7) is 0. The zero-order valence-electron chi connectivity index (χ0n) is 28.0. The van der Waals surface area contributed by atoms with Crippen molar-refractivity contribution in [3.05, 3.63) is 176 Å².